The van der Waals surface area contributed by atoms with Crippen molar-refractivity contribution >= 4 is 44.6 Å². The quantitative estimate of drug-likeness (QED) is 0.400. The zero-order valence-corrected chi connectivity index (χ0v) is 18.1. The summed E-state index contributed by atoms with van der Waals surface area (Å²) in [6, 6.07) is 14.9. The molecule has 0 unspecified atom stereocenters. The zero-order valence-electron chi connectivity index (χ0n) is 16.5. The molecule has 0 aliphatic heterocycles. The molecule has 0 aromatic heterocycles. The molecule has 10 heteroatoms. The lowest BCUT2D eigenvalue weighted by Gasteiger charge is -2.13. The van der Waals surface area contributed by atoms with Crippen molar-refractivity contribution in [3.05, 3.63) is 92.5 Å². The second kappa shape index (κ2) is 8.75. The summed E-state index contributed by atoms with van der Waals surface area (Å²) in [6.07, 6.45) is 0. The van der Waals surface area contributed by atoms with Crippen LogP contribution < -0.4 is 10.0 Å². The highest BCUT2D eigenvalue weighted by atomic mass is 35.5. The zero-order chi connectivity index (χ0) is 22.8. The average Bonchev–Trinajstić information content (AvgIpc) is 2.71. The van der Waals surface area contributed by atoms with E-state index in [-0.39, 0.29) is 32.5 Å². The van der Waals surface area contributed by atoms with E-state index in [2.05, 4.69) is 10.0 Å². The van der Waals surface area contributed by atoms with Gasteiger partial charge in [-0.05, 0) is 49.7 Å². The molecule has 160 valence electrons. The van der Waals surface area contributed by atoms with Crippen molar-refractivity contribution in [2.24, 2.45) is 0 Å². The minimum absolute atomic E-state index is 0.0416. The van der Waals surface area contributed by atoms with E-state index in [0.29, 0.717) is 11.1 Å². The van der Waals surface area contributed by atoms with Crippen LogP contribution in [-0.2, 0) is 10.0 Å². The predicted molar refractivity (Wildman–Crippen MR) is 119 cm³/mol. The molecule has 0 saturated carbocycles. The third-order valence-corrected chi connectivity index (χ3v) is 6.36. The number of benzene rings is 3. The highest BCUT2D eigenvalue weighted by Gasteiger charge is 2.20. The van der Waals surface area contributed by atoms with Crippen LogP contribution >= 0.6 is 11.6 Å². The summed E-state index contributed by atoms with van der Waals surface area (Å²) in [4.78, 5) is 23.1. The molecule has 2 N–H and O–H groups in total. The van der Waals surface area contributed by atoms with Crippen molar-refractivity contribution in [2.75, 3.05) is 10.0 Å². The first kappa shape index (κ1) is 22.3. The van der Waals surface area contributed by atoms with E-state index in [1.54, 1.807) is 44.2 Å². The first-order valence-electron chi connectivity index (χ1n) is 9.03. The molecule has 3 aromatic carbocycles. The summed E-state index contributed by atoms with van der Waals surface area (Å²) < 4.78 is 28.2. The molecular formula is C21H18ClN3O5S. The third-order valence-electron chi connectivity index (χ3n) is 4.52. The molecule has 0 heterocycles. The van der Waals surface area contributed by atoms with Crippen molar-refractivity contribution in [1.82, 2.24) is 0 Å². The van der Waals surface area contributed by atoms with E-state index in [1.807, 2.05) is 0 Å². The number of carbonyl (C=O) groups excluding carboxylic acids is 1. The molecule has 8 nitrogen and oxygen atoms in total. The van der Waals surface area contributed by atoms with E-state index in [4.69, 9.17) is 11.6 Å². The summed E-state index contributed by atoms with van der Waals surface area (Å²) in [5.74, 6) is -0.602. The van der Waals surface area contributed by atoms with Crippen molar-refractivity contribution in [3.63, 3.8) is 0 Å². The molecule has 0 aliphatic rings. The highest BCUT2D eigenvalue weighted by Crippen LogP contribution is 2.27. The van der Waals surface area contributed by atoms with Gasteiger partial charge in [0.25, 0.3) is 21.6 Å². The van der Waals surface area contributed by atoms with Crippen LogP contribution in [0.5, 0.6) is 0 Å². The molecule has 0 spiro atoms. The Kier molecular flexibility index (Phi) is 6.28. The Morgan fingerprint density at radius 3 is 2.35 bits per heavy atom. The fourth-order valence-corrected chi connectivity index (χ4v) is 4.45. The summed E-state index contributed by atoms with van der Waals surface area (Å²) in [5, 5.41) is 13.9. The SMILES string of the molecule is Cc1ccc(C(=O)Nc2ccc(C)c(S(=O)(=O)Nc3ccccc3Cl)c2)cc1[N+](=O)[O-]. The van der Waals surface area contributed by atoms with Gasteiger partial charge in [0.1, 0.15) is 0 Å². The number of halogens is 1. The molecule has 0 atom stereocenters. The first-order chi connectivity index (χ1) is 14.6. The minimum atomic E-state index is -3.99. The molecule has 31 heavy (non-hydrogen) atoms. The predicted octanol–water partition coefficient (Wildman–Crippen LogP) is 4.92. The van der Waals surface area contributed by atoms with Crippen LogP contribution in [0.2, 0.25) is 5.02 Å². The number of anilines is 2. The number of para-hydroxylation sites is 1. The number of nitrogens with zero attached hydrogens (tertiary/aromatic N) is 1. The van der Waals surface area contributed by atoms with Crippen LogP contribution in [0, 0.1) is 24.0 Å². The Morgan fingerprint density at radius 1 is 1.00 bits per heavy atom. The standard InChI is InChI=1S/C21H18ClN3O5S/c1-13-7-9-15(11-19(13)25(27)28)21(26)23-16-10-8-14(2)20(12-16)31(29,30)24-18-6-4-3-5-17(18)22/h3-12,24H,1-2H3,(H,23,26). The van der Waals surface area contributed by atoms with Crippen molar-refractivity contribution in [2.45, 2.75) is 18.7 Å². The Morgan fingerprint density at radius 2 is 1.68 bits per heavy atom. The number of amides is 1. The molecule has 3 aromatic rings. The van der Waals surface area contributed by atoms with E-state index < -0.39 is 20.9 Å². The van der Waals surface area contributed by atoms with Crippen molar-refractivity contribution in [1.29, 1.82) is 0 Å². The van der Waals surface area contributed by atoms with Gasteiger partial charge in [-0.15, -0.1) is 0 Å². The fraction of sp³-hybridized carbons (Fsp3) is 0.0952. The van der Waals surface area contributed by atoms with Crippen LogP contribution in [0.3, 0.4) is 0 Å². The topological polar surface area (TPSA) is 118 Å². The monoisotopic (exact) mass is 459 g/mol. The lowest BCUT2D eigenvalue weighted by Crippen LogP contribution is -2.16. The molecular weight excluding hydrogens is 442 g/mol. The van der Waals surface area contributed by atoms with E-state index in [0.717, 1.165) is 0 Å². The van der Waals surface area contributed by atoms with Crippen LogP contribution in [-0.4, -0.2) is 19.2 Å². The Balaban J connectivity index is 1.89. The smallest absolute Gasteiger partial charge is 0.273 e. The molecule has 0 radical (unpaired) electrons. The maximum atomic E-state index is 12.9. The molecule has 0 saturated heterocycles. The number of sulfonamides is 1. The van der Waals surface area contributed by atoms with Gasteiger partial charge in [-0.3, -0.25) is 19.6 Å². The molecule has 0 bridgehead atoms. The normalized spacial score (nSPS) is 11.1. The van der Waals surface area contributed by atoms with E-state index in [1.165, 1.54) is 30.3 Å². The van der Waals surface area contributed by atoms with E-state index >= 15 is 0 Å². The Labute approximate surface area is 184 Å². The minimum Gasteiger partial charge on any atom is -0.322 e. The molecule has 1 amide bonds. The van der Waals surface area contributed by atoms with Crippen molar-refractivity contribution < 1.29 is 18.1 Å². The van der Waals surface area contributed by atoms with Gasteiger partial charge in [0, 0.05) is 22.9 Å². The number of nitro benzene ring substituents is 1. The van der Waals surface area contributed by atoms with Crippen LogP contribution in [0.25, 0.3) is 0 Å². The van der Waals surface area contributed by atoms with Gasteiger partial charge >= 0.3 is 0 Å². The maximum absolute atomic E-state index is 12.9. The van der Waals surface area contributed by atoms with Crippen LogP contribution in [0.4, 0.5) is 17.1 Å². The lowest BCUT2D eigenvalue weighted by molar-refractivity contribution is -0.385. The number of carbonyl (C=O) groups is 1. The van der Waals surface area contributed by atoms with Crippen LogP contribution in [0.1, 0.15) is 21.5 Å². The van der Waals surface area contributed by atoms with Gasteiger partial charge in [0.2, 0.25) is 0 Å². The molecule has 3 rings (SSSR count). The summed E-state index contributed by atoms with van der Waals surface area (Å²) in [5.41, 5.74) is 1.24. The number of hydrogen-bond donors (Lipinski definition) is 2. The molecule has 0 aliphatic carbocycles. The second-order valence-corrected chi connectivity index (χ2v) is 8.84. The first-order valence-corrected chi connectivity index (χ1v) is 10.9. The van der Waals surface area contributed by atoms with Gasteiger partial charge < -0.3 is 5.32 Å². The summed E-state index contributed by atoms with van der Waals surface area (Å²) in [7, 11) is -3.99. The van der Waals surface area contributed by atoms with E-state index in [9.17, 15) is 23.3 Å². The number of rotatable bonds is 6. The Bertz CT molecular complexity index is 1290. The average molecular weight is 460 g/mol. The largest absolute Gasteiger partial charge is 0.322 e. The van der Waals surface area contributed by atoms with Gasteiger partial charge in [-0.1, -0.05) is 35.9 Å². The number of hydrogen-bond acceptors (Lipinski definition) is 5. The second-order valence-electron chi connectivity index (χ2n) is 6.78. The van der Waals surface area contributed by atoms with Gasteiger partial charge in [-0.25, -0.2) is 8.42 Å². The third kappa shape index (κ3) is 5.01. The summed E-state index contributed by atoms with van der Waals surface area (Å²) >= 11 is 6.04. The van der Waals surface area contributed by atoms with Gasteiger partial charge in [0.15, 0.2) is 0 Å². The Hall–Kier alpha value is -3.43. The molecule has 0 fully saturated rings. The number of nitro groups is 1. The van der Waals surface area contributed by atoms with Crippen molar-refractivity contribution in [3.8, 4) is 0 Å². The lowest BCUT2D eigenvalue weighted by atomic mass is 10.1. The fourth-order valence-electron chi connectivity index (χ4n) is 2.86. The summed E-state index contributed by atoms with van der Waals surface area (Å²) in [6.45, 7) is 3.19. The van der Waals surface area contributed by atoms with Gasteiger partial charge in [0.05, 0.1) is 20.5 Å². The maximum Gasteiger partial charge on any atom is 0.273 e. The number of nitrogens with one attached hydrogen (secondary N) is 2. The van der Waals surface area contributed by atoms with Gasteiger partial charge in [-0.2, -0.15) is 0 Å². The number of aryl methyl sites for hydroxylation is 2. The van der Waals surface area contributed by atoms with Crippen LogP contribution in [0.15, 0.2) is 65.6 Å². The highest BCUT2D eigenvalue weighted by molar-refractivity contribution is 7.92.